The van der Waals surface area contributed by atoms with Crippen LogP contribution in [0.5, 0.6) is 0 Å². The number of benzene rings is 2. The Kier molecular flexibility index (Phi) is 5.29. The van der Waals surface area contributed by atoms with Crippen LogP contribution < -0.4 is 5.32 Å². The van der Waals surface area contributed by atoms with Gasteiger partial charge in [0.1, 0.15) is 17.4 Å². The highest BCUT2D eigenvalue weighted by atomic mass is 19.4. The van der Waals surface area contributed by atoms with E-state index in [1.54, 1.807) is 23.5 Å². The van der Waals surface area contributed by atoms with Crippen LogP contribution in [-0.2, 0) is 11.3 Å². The molecule has 3 aromatic rings. The fourth-order valence-corrected chi connectivity index (χ4v) is 3.25. The van der Waals surface area contributed by atoms with E-state index in [1.165, 1.54) is 30.5 Å². The summed E-state index contributed by atoms with van der Waals surface area (Å²) in [5.41, 5.74) is -3.57. The average Bonchev–Trinajstić information content (AvgIpc) is 3.37. The fraction of sp³-hybridized carbons (Fsp3) is 0.136. The summed E-state index contributed by atoms with van der Waals surface area (Å²) in [4.78, 5) is 30.3. The summed E-state index contributed by atoms with van der Waals surface area (Å²) in [6.45, 7) is -0.330. The van der Waals surface area contributed by atoms with Crippen LogP contribution in [0, 0.1) is 5.82 Å². The molecule has 4 rings (SSSR count). The molecule has 164 valence electrons. The van der Waals surface area contributed by atoms with E-state index in [0.29, 0.717) is 0 Å². The molecule has 0 saturated carbocycles. The molecule has 6 nitrogen and oxygen atoms in total. The average molecular weight is 445 g/mol. The molecule has 0 radical (unpaired) electrons. The van der Waals surface area contributed by atoms with Gasteiger partial charge < -0.3 is 9.73 Å². The van der Waals surface area contributed by atoms with E-state index < -0.39 is 29.5 Å². The predicted molar refractivity (Wildman–Crippen MR) is 105 cm³/mol. The zero-order chi connectivity index (χ0) is 22.9. The molecule has 0 bridgehead atoms. The Balaban J connectivity index is 1.79. The molecule has 2 heterocycles. The lowest BCUT2D eigenvalue weighted by molar-refractivity contribution is -0.196. The maximum atomic E-state index is 14.3. The van der Waals surface area contributed by atoms with Crippen LogP contribution in [0.2, 0.25) is 0 Å². The van der Waals surface area contributed by atoms with Gasteiger partial charge in [0.05, 0.1) is 12.8 Å². The molecular weight excluding hydrogens is 430 g/mol. The summed E-state index contributed by atoms with van der Waals surface area (Å²) >= 11 is 0. The number of amidine groups is 1. The summed E-state index contributed by atoms with van der Waals surface area (Å²) in [5.74, 6) is -3.44. The van der Waals surface area contributed by atoms with Gasteiger partial charge in [-0.15, -0.1) is 0 Å². The molecule has 1 atom stereocenters. The van der Waals surface area contributed by atoms with Crippen molar-refractivity contribution in [2.24, 2.45) is 4.99 Å². The van der Waals surface area contributed by atoms with Crippen molar-refractivity contribution in [1.82, 2.24) is 10.2 Å². The van der Waals surface area contributed by atoms with Crippen LogP contribution in [-0.4, -0.2) is 34.4 Å². The highest BCUT2D eigenvalue weighted by molar-refractivity contribution is 6.16. The van der Waals surface area contributed by atoms with Crippen molar-refractivity contribution >= 4 is 17.6 Å². The van der Waals surface area contributed by atoms with Gasteiger partial charge in [0.2, 0.25) is 0 Å². The van der Waals surface area contributed by atoms with Crippen molar-refractivity contribution in [1.29, 1.82) is 0 Å². The molecule has 0 saturated heterocycles. The minimum absolute atomic E-state index is 0.227. The highest BCUT2D eigenvalue weighted by Crippen LogP contribution is 2.39. The monoisotopic (exact) mass is 445 g/mol. The second kappa shape index (κ2) is 7.95. The van der Waals surface area contributed by atoms with Gasteiger partial charge in [0, 0.05) is 11.1 Å². The lowest BCUT2D eigenvalue weighted by atomic mass is 10.1. The van der Waals surface area contributed by atoms with Crippen LogP contribution in [0.15, 0.2) is 82.4 Å². The third-order valence-electron chi connectivity index (χ3n) is 4.82. The molecule has 0 aliphatic carbocycles. The highest BCUT2D eigenvalue weighted by Gasteiger charge is 2.67. The minimum atomic E-state index is -5.27. The van der Waals surface area contributed by atoms with E-state index in [0.717, 1.165) is 29.2 Å². The topological polar surface area (TPSA) is 74.9 Å². The van der Waals surface area contributed by atoms with Crippen molar-refractivity contribution in [3.8, 4) is 0 Å². The zero-order valence-electron chi connectivity index (χ0n) is 16.3. The first-order chi connectivity index (χ1) is 15.2. The Morgan fingerprint density at radius 1 is 1.03 bits per heavy atom. The molecule has 1 aliphatic heterocycles. The van der Waals surface area contributed by atoms with Gasteiger partial charge >= 0.3 is 11.8 Å². The summed E-state index contributed by atoms with van der Waals surface area (Å²) in [7, 11) is 0. The maximum absolute atomic E-state index is 14.3. The smallest absolute Gasteiger partial charge is 0.442 e. The Hall–Kier alpha value is -3.95. The molecule has 1 aliphatic rings. The van der Waals surface area contributed by atoms with E-state index in [2.05, 4.69) is 4.99 Å². The van der Waals surface area contributed by atoms with E-state index in [-0.39, 0.29) is 29.3 Å². The quantitative estimate of drug-likeness (QED) is 0.606. The van der Waals surface area contributed by atoms with Crippen molar-refractivity contribution in [3.05, 3.63) is 95.7 Å². The van der Waals surface area contributed by atoms with E-state index in [9.17, 15) is 27.2 Å². The third kappa shape index (κ3) is 3.75. The lowest BCUT2D eigenvalue weighted by Gasteiger charge is -2.29. The van der Waals surface area contributed by atoms with E-state index in [1.807, 2.05) is 0 Å². The van der Waals surface area contributed by atoms with Crippen LogP contribution in [0.4, 0.5) is 17.6 Å². The Labute approximate surface area is 179 Å². The third-order valence-corrected chi connectivity index (χ3v) is 4.82. The summed E-state index contributed by atoms with van der Waals surface area (Å²) < 4.78 is 61.2. The number of furan rings is 1. The summed E-state index contributed by atoms with van der Waals surface area (Å²) in [6.07, 6.45) is -3.94. The van der Waals surface area contributed by atoms with Gasteiger partial charge in [-0.1, -0.05) is 30.3 Å². The Morgan fingerprint density at radius 3 is 2.31 bits per heavy atom. The van der Waals surface area contributed by atoms with Gasteiger partial charge in [0.15, 0.2) is 0 Å². The second-order valence-electron chi connectivity index (χ2n) is 6.94. The number of rotatable bonds is 5. The van der Waals surface area contributed by atoms with E-state index in [4.69, 9.17) is 4.42 Å². The first kappa shape index (κ1) is 21.3. The Morgan fingerprint density at radius 2 is 1.72 bits per heavy atom. The number of nitrogens with zero attached hydrogens (tertiary/aromatic N) is 2. The van der Waals surface area contributed by atoms with E-state index >= 15 is 0 Å². The largest absolute Gasteiger partial charge is 0.467 e. The number of nitrogens with one attached hydrogen (secondary N) is 1. The standard InChI is InChI=1S/C22H15F4N3O3/c23-16-10-8-15(9-11-16)19(30)28-21(22(24,25)26)20(31)29(13-17-7-4-12-32-17)18(27-21)14-5-2-1-3-6-14/h1-12H,13H2,(H,28,30)/t21-/m0/s1. The molecule has 0 unspecified atom stereocenters. The normalized spacial score (nSPS) is 18.6. The molecule has 1 aromatic heterocycles. The van der Waals surface area contributed by atoms with Crippen LogP contribution in [0.3, 0.4) is 0 Å². The first-order valence-corrected chi connectivity index (χ1v) is 9.36. The minimum Gasteiger partial charge on any atom is -0.467 e. The van der Waals surface area contributed by atoms with Gasteiger partial charge in [0.25, 0.3) is 11.8 Å². The van der Waals surface area contributed by atoms with Crippen molar-refractivity contribution < 1.29 is 31.6 Å². The number of amides is 2. The fourth-order valence-electron chi connectivity index (χ4n) is 3.25. The van der Waals surface area contributed by atoms with Crippen molar-refractivity contribution in [3.63, 3.8) is 0 Å². The molecule has 2 aromatic carbocycles. The summed E-state index contributed by atoms with van der Waals surface area (Å²) in [6, 6.07) is 14.7. The predicted octanol–water partition coefficient (Wildman–Crippen LogP) is 3.90. The molecular formula is C22H15F4N3O3. The van der Waals surface area contributed by atoms with Crippen LogP contribution in [0.25, 0.3) is 0 Å². The van der Waals surface area contributed by atoms with Crippen molar-refractivity contribution in [2.45, 2.75) is 18.4 Å². The SMILES string of the molecule is O=C(N[C@@]1(C(F)(F)F)N=C(c2ccccc2)N(Cc2ccco2)C1=O)c1ccc(F)cc1. The van der Waals surface area contributed by atoms with Crippen LogP contribution in [0.1, 0.15) is 21.7 Å². The maximum Gasteiger partial charge on any atom is 0.442 e. The summed E-state index contributed by atoms with van der Waals surface area (Å²) in [5, 5.41) is 1.73. The number of hydrogen-bond acceptors (Lipinski definition) is 4. The lowest BCUT2D eigenvalue weighted by Crippen LogP contribution is -2.63. The Bertz CT molecular complexity index is 1160. The number of hydrogen-bond donors (Lipinski definition) is 1. The van der Waals surface area contributed by atoms with Crippen molar-refractivity contribution in [2.75, 3.05) is 0 Å². The number of halogens is 4. The molecule has 0 fully saturated rings. The van der Waals surface area contributed by atoms with Crippen LogP contribution >= 0.6 is 0 Å². The molecule has 0 spiro atoms. The van der Waals surface area contributed by atoms with Gasteiger partial charge in [-0.25, -0.2) is 9.38 Å². The number of carbonyl (C=O) groups is 2. The number of alkyl halides is 3. The second-order valence-corrected chi connectivity index (χ2v) is 6.94. The molecule has 1 N–H and O–H groups in total. The number of carbonyl (C=O) groups excluding carboxylic acids is 2. The van der Waals surface area contributed by atoms with Gasteiger partial charge in [-0.2, -0.15) is 13.2 Å². The van der Waals surface area contributed by atoms with Gasteiger partial charge in [-0.05, 0) is 36.4 Å². The molecule has 2 amide bonds. The van der Waals surface area contributed by atoms with Gasteiger partial charge in [-0.3, -0.25) is 14.5 Å². The molecule has 10 heteroatoms. The molecule has 32 heavy (non-hydrogen) atoms. The first-order valence-electron chi connectivity index (χ1n) is 9.36. The zero-order valence-corrected chi connectivity index (χ0v) is 16.3. The number of aliphatic imine (C=N–C) groups is 1.